The largest absolute Gasteiger partial charge is 0.485 e. The molecular formula is C13H12BrN3O. The summed E-state index contributed by atoms with van der Waals surface area (Å²) in [6.45, 7) is 1.79. The highest BCUT2D eigenvalue weighted by Gasteiger charge is 2.18. The smallest absolute Gasteiger partial charge is 0.159 e. The van der Waals surface area contributed by atoms with Gasteiger partial charge in [-0.2, -0.15) is 0 Å². The first-order valence-corrected chi connectivity index (χ1v) is 6.56. The Morgan fingerprint density at radius 1 is 1.22 bits per heavy atom. The Morgan fingerprint density at radius 2 is 2.00 bits per heavy atom. The summed E-state index contributed by atoms with van der Waals surface area (Å²) in [5.41, 5.74) is 0.987. The van der Waals surface area contributed by atoms with Crippen molar-refractivity contribution in [1.82, 2.24) is 15.3 Å². The lowest BCUT2D eigenvalue weighted by atomic mass is 10.2. The summed E-state index contributed by atoms with van der Waals surface area (Å²) < 4.78 is 6.69. The van der Waals surface area contributed by atoms with Crippen LogP contribution in [0.5, 0.6) is 5.75 Å². The Labute approximate surface area is 114 Å². The molecule has 1 saturated heterocycles. The van der Waals surface area contributed by atoms with Crippen molar-refractivity contribution in [3.8, 4) is 17.1 Å². The average molecular weight is 306 g/mol. The summed E-state index contributed by atoms with van der Waals surface area (Å²) in [6.07, 6.45) is 3.70. The SMILES string of the molecule is Brc1cccc(-c2ncc(OC3CNC3)cn2)c1. The highest BCUT2D eigenvalue weighted by molar-refractivity contribution is 9.10. The first-order chi connectivity index (χ1) is 8.81. The number of benzene rings is 1. The maximum atomic E-state index is 5.67. The van der Waals surface area contributed by atoms with E-state index in [2.05, 4.69) is 31.2 Å². The van der Waals surface area contributed by atoms with Gasteiger partial charge in [0.15, 0.2) is 11.6 Å². The van der Waals surface area contributed by atoms with Crippen LogP contribution in [0.15, 0.2) is 41.1 Å². The third-order valence-electron chi connectivity index (χ3n) is 2.76. The molecule has 92 valence electrons. The minimum atomic E-state index is 0.255. The molecule has 0 atom stereocenters. The van der Waals surface area contributed by atoms with Crippen LogP contribution in [0.2, 0.25) is 0 Å². The zero-order chi connectivity index (χ0) is 12.4. The standard InChI is InChI=1S/C13H12BrN3O/c14-10-3-1-2-9(4-10)13-16-7-12(8-17-13)18-11-5-15-6-11/h1-4,7-8,11,15H,5-6H2. The summed E-state index contributed by atoms with van der Waals surface area (Å²) in [4.78, 5) is 8.65. The molecule has 1 aliphatic rings. The molecule has 4 nitrogen and oxygen atoms in total. The van der Waals surface area contributed by atoms with E-state index in [1.165, 1.54) is 0 Å². The third-order valence-corrected chi connectivity index (χ3v) is 3.25. The van der Waals surface area contributed by atoms with Crippen LogP contribution in [0.4, 0.5) is 0 Å². The molecule has 2 heterocycles. The minimum absolute atomic E-state index is 0.255. The maximum Gasteiger partial charge on any atom is 0.159 e. The molecule has 0 saturated carbocycles. The number of nitrogens with one attached hydrogen (secondary N) is 1. The Balaban J connectivity index is 1.77. The molecule has 0 radical (unpaired) electrons. The van der Waals surface area contributed by atoms with Gasteiger partial charge in [0.2, 0.25) is 0 Å². The predicted octanol–water partition coefficient (Wildman–Crippen LogP) is 2.26. The molecule has 1 N–H and O–H groups in total. The number of nitrogens with zero attached hydrogens (tertiary/aromatic N) is 2. The lowest BCUT2D eigenvalue weighted by molar-refractivity contribution is 0.141. The fraction of sp³-hybridized carbons (Fsp3) is 0.231. The van der Waals surface area contributed by atoms with Gasteiger partial charge in [0.05, 0.1) is 12.4 Å². The van der Waals surface area contributed by atoms with Gasteiger partial charge >= 0.3 is 0 Å². The molecule has 1 fully saturated rings. The average Bonchev–Trinajstić information content (AvgIpc) is 2.35. The van der Waals surface area contributed by atoms with Crippen molar-refractivity contribution in [3.63, 3.8) is 0 Å². The molecule has 0 aliphatic carbocycles. The molecule has 18 heavy (non-hydrogen) atoms. The molecule has 5 heteroatoms. The van der Waals surface area contributed by atoms with Gasteiger partial charge < -0.3 is 10.1 Å². The Bertz CT molecular complexity index is 540. The minimum Gasteiger partial charge on any atom is -0.485 e. The molecule has 0 spiro atoms. The number of halogens is 1. The van der Waals surface area contributed by atoms with Gasteiger partial charge in [-0.15, -0.1) is 0 Å². The number of aromatic nitrogens is 2. The predicted molar refractivity (Wildman–Crippen MR) is 72.5 cm³/mol. The summed E-state index contributed by atoms with van der Waals surface area (Å²) in [5.74, 6) is 1.43. The summed E-state index contributed by atoms with van der Waals surface area (Å²) in [5, 5.41) is 3.15. The number of rotatable bonds is 3. The fourth-order valence-corrected chi connectivity index (χ4v) is 2.09. The zero-order valence-corrected chi connectivity index (χ0v) is 11.2. The Hall–Kier alpha value is -1.46. The summed E-state index contributed by atoms with van der Waals surface area (Å²) >= 11 is 3.44. The lowest BCUT2D eigenvalue weighted by Crippen LogP contribution is -2.50. The van der Waals surface area contributed by atoms with Crippen LogP contribution in [0.3, 0.4) is 0 Å². The van der Waals surface area contributed by atoms with Crippen molar-refractivity contribution >= 4 is 15.9 Å². The van der Waals surface area contributed by atoms with Gasteiger partial charge in [0.1, 0.15) is 6.10 Å². The second-order valence-corrected chi connectivity index (χ2v) is 5.07. The third kappa shape index (κ3) is 2.52. The second kappa shape index (κ2) is 5.04. The molecule has 1 aliphatic heterocycles. The topological polar surface area (TPSA) is 47.0 Å². The molecule has 1 aromatic heterocycles. The molecule has 1 aromatic carbocycles. The van der Waals surface area contributed by atoms with Crippen LogP contribution < -0.4 is 10.1 Å². The van der Waals surface area contributed by atoms with E-state index >= 15 is 0 Å². The van der Waals surface area contributed by atoms with Crippen molar-refractivity contribution < 1.29 is 4.74 Å². The van der Waals surface area contributed by atoms with E-state index in [0.29, 0.717) is 5.82 Å². The van der Waals surface area contributed by atoms with Gasteiger partial charge in [0, 0.05) is 23.1 Å². The molecule has 0 amide bonds. The Morgan fingerprint density at radius 3 is 2.61 bits per heavy atom. The van der Waals surface area contributed by atoms with Crippen molar-refractivity contribution in [2.45, 2.75) is 6.10 Å². The van der Waals surface area contributed by atoms with Crippen LogP contribution in [0.1, 0.15) is 0 Å². The summed E-state index contributed by atoms with van der Waals surface area (Å²) in [6, 6.07) is 7.92. The van der Waals surface area contributed by atoms with Gasteiger partial charge in [-0.25, -0.2) is 9.97 Å². The molecule has 0 bridgehead atoms. The first-order valence-electron chi connectivity index (χ1n) is 5.76. The quantitative estimate of drug-likeness (QED) is 0.945. The van der Waals surface area contributed by atoms with Crippen molar-refractivity contribution in [1.29, 1.82) is 0 Å². The Kier molecular flexibility index (Phi) is 3.25. The molecule has 0 unspecified atom stereocenters. The van der Waals surface area contributed by atoms with Crippen LogP contribution in [0.25, 0.3) is 11.4 Å². The number of hydrogen-bond acceptors (Lipinski definition) is 4. The second-order valence-electron chi connectivity index (χ2n) is 4.15. The van der Waals surface area contributed by atoms with Crippen LogP contribution in [-0.2, 0) is 0 Å². The van der Waals surface area contributed by atoms with Gasteiger partial charge in [0.25, 0.3) is 0 Å². The fourth-order valence-electron chi connectivity index (χ4n) is 1.69. The van der Waals surface area contributed by atoms with E-state index in [1.807, 2.05) is 24.3 Å². The van der Waals surface area contributed by atoms with Crippen LogP contribution >= 0.6 is 15.9 Å². The van der Waals surface area contributed by atoms with Gasteiger partial charge in [-0.05, 0) is 12.1 Å². The molecule has 2 aromatic rings. The van der Waals surface area contributed by atoms with E-state index < -0.39 is 0 Å². The van der Waals surface area contributed by atoms with Gasteiger partial charge in [-0.3, -0.25) is 0 Å². The normalized spacial score (nSPS) is 15.2. The highest BCUT2D eigenvalue weighted by Crippen LogP contribution is 2.21. The van der Waals surface area contributed by atoms with Crippen molar-refractivity contribution in [2.24, 2.45) is 0 Å². The van der Waals surface area contributed by atoms with Crippen LogP contribution in [0, 0.1) is 0 Å². The van der Waals surface area contributed by atoms with E-state index in [0.717, 1.165) is 28.9 Å². The van der Waals surface area contributed by atoms with Crippen molar-refractivity contribution in [3.05, 3.63) is 41.1 Å². The molecule has 3 rings (SSSR count). The monoisotopic (exact) mass is 305 g/mol. The van der Waals surface area contributed by atoms with E-state index in [-0.39, 0.29) is 6.10 Å². The molecular weight excluding hydrogens is 294 g/mol. The maximum absolute atomic E-state index is 5.67. The zero-order valence-electron chi connectivity index (χ0n) is 9.64. The van der Waals surface area contributed by atoms with E-state index in [1.54, 1.807) is 12.4 Å². The summed E-state index contributed by atoms with van der Waals surface area (Å²) in [7, 11) is 0. The van der Waals surface area contributed by atoms with Crippen LogP contribution in [-0.4, -0.2) is 29.2 Å². The van der Waals surface area contributed by atoms with E-state index in [9.17, 15) is 0 Å². The van der Waals surface area contributed by atoms with Crippen molar-refractivity contribution in [2.75, 3.05) is 13.1 Å². The highest BCUT2D eigenvalue weighted by atomic mass is 79.9. The number of hydrogen-bond donors (Lipinski definition) is 1. The first kappa shape index (κ1) is 11.6. The number of ether oxygens (including phenoxy) is 1. The lowest BCUT2D eigenvalue weighted by Gasteiger charge is -2.27. The van der Waals surface area contributed by atoms with Gasteiger partial charge in [-0.1, -0.05) is 28.1 Å². The van der Waals surface area contributed by atoms with E-state index in [4.69, 9.17) is 4.74 Å².